The van der Waals surface area contributed by atoms with Crippen molar-refractivity contribution in [3.8, 4) is 0 Å². The Bertz CT molecular complexity index is 1250. The predicted octanol–water partition coefficient (Wildman–Crippen LogP) is 6.03. The average molecular weight is 523 g/mol. The number of hydrogen-bond donors (Lipinski definition) is 2. The Morgan fingerprint density at radius 3 is 2.27 bits per heavy atom. The minimum Gasteiger partial charge on any atom is -0.322 e. The van der Waals surface area contributed by atoms with Gasteiger partial charge in [-0.1, -0.05) is 34.8 Å². The van der Waals surface area contributed by atoms with Crippen molar-refractivity contribution >= 4 is 74.7 Å². The Labute approximate surface area is 208 Å². The second kappa shape index (κ2) is 10.1. The third kappa shape index (κ3) is 5.50. The topological polar surface area (TPSA) is 78.5 Å². The highest BCUT2D eigenvalue weighted by Crippen LogP contribution is 2.29. The number of halogens is 3. The highest BCUT2D eigenvalue weighted by Gasteiger charge is 2.22. The van der Waals surface area contributed by atoms with Gasteiger partial charge in [0.05, 0.1) is 27.0 Å². The third-order valence-electron chi connectivity index (χ3n) is 4.99. The smallest absolute Gasteiger partial charge is 0.257 e. The molecule has 1 atom stereocenters. The molecule has 6 nitrogen and oxygen atoms in total. The van der Waals surface area contributed by atoms with Gasteiger partial charge < -0.3 is 10.6 Å². The maximum atomic E-state index is 12.8. The zero-order valence-corrected chi connectivity index (χ0v) is 20.2. The van der Waals surface area contributed by atoms with Crippen LogP contribution in [0.3, 0.4) is 0 Å². The summed E-state index contributed by atoms with van der Waals surface area (Å²) in [6.45, 7) is 0.684. The number of benzene rings is 3. The molecule has 3 aromatic rings. The molecule has 33 heavy (non-hydrogen) atoms. The van der Waals surface area contributed by atoms with Crippen molar-refractivity contribution in [3.05, 3.63) is 86.9 Å². The molecule has 2 amide bonds. The monoisotopic (exact) mass is 521 g/mol. The molecule has 0 aliphatic carbocycles. The van der Waals surface area contributed by atoms with Gasteiger partial charge in [0.2, 0.25) is 0 Å². The van der Waals surface area contributed by atoms with E-state index >= 15 is 0 Å². The van der Waals surface area contributed by atoms with Gasteiger partial charge in [-0.3, -0.25) is 13.9 Å². The van der Waals surface area contributed by atoms with Crippen molar-refractivity contribution in [3.63, 3.8) is 0 Å². The summed E-state index contributed by atoms with van der Waals surface area (Å²) < 4.78 is 13.8. The highest BCUT2D eigenvalue weighted by atomic mass is 35.5. The van der Waals surface area contributed by atoms with E-state index in [1.807, 2.05) is 0 Å². The van der Waals surface area contributed by atoms with E-state index in [0.717, 1.165) is 6.42 Å². The lowest BCUT2D eigenvalue weighted by Crippen LogP contribution is -2.20. The molecule has 0 spiro atoms. The zero-order chi connectivity index (χ0) is 23.5. The van der Waals surface area contributed by atoms with Gasteiger partial charge in [-0.05, 0) is 67.1 Å². The molecule has 1 fully saturated rings. The van der Waals surface area contributed by atoms with E-state index < -0.39 is 16.9 Å². The fraction of sp³-hybridized carbons (Fsp3) is 0.130. The summed E-state index contributed by atoms with van der Waals surface area (Å²) in [5, 5.41) is 6.58. The van der Waals surface area contributed by atoms with Crippen LogP contribution in [0.1, 0.15) is 27.1 Å². The van der Waals surface area contributed by atoms with Crippen molar-refractivity contribution < 1.29 is 13.8 Å². The summed E-state index contributed by atoms with van der Waals surface area (Å²) in [6.07, 6.45) is 0.847. The van der Waals surface area contributed by atoms with Crippen LogP contribution < -0.4 is 14.9 Å². The molecule has 0 saturated carbocycles. The molecule has 1 aliphatic rings. The fourth-order valence-electron chi connectivity index (χ4n) is 3.33. The minimum absolute atomic E-state index is 0.249. The van der Waals surface area contributed by atoms with Gasteiger partial charge in [0, 0.05) is 28.6 Å². The first-order valence-corrected chi connectivity index (χ1v) is 12.4. The number of carbonyl (C=O) groups is 2. The first-order chi connectivity index (χ1) is 15.8. The molecule has 1 saturated heterocycles. The number of nitrogens with one attached hydrogen (secondary N) is 2. The lowest BCUT2D eigenvalue weighted by molar-refractivity contribution is 0.101. The van der Waals surface area contributed by atoms with Crippen LogP contribution in [0, 0.1) is 0 Å². The maximum Gasteiger partial charge on any atom is 0.257 e. The van der Waals surface area contributed by atoms with E-state index in [1.165, 1.54) is 0 Å². The standard InChI is InChI=1S/C23H18Cl3N3O3S/c24-15-4-2-14(3-5-15)22(30)28-21-12-16(6-9-19(21)25)27-23(31)18-8-7-17(13-20(18)26)29-10-1-11-33(29)32/h2-9,12-13H,1,10-11H2,(H,27,31)(H,28,30). The number of hydrogen-bond acceptors (Lipinski definition) is 3. The molecule has 4 rings (SSSR count). The molecular weight excluding hydrogens is 505 g/mol. The summed E-state index contributed by atoms with van der Waals surface area (Å²) in [5.74, 6) is -0.172. The van der Waals surface area contributed by atoms with Gasteiger partial charge in [-0.2, -0.15) is 0 Å². The quantitative estimate of drug-likeness (QED) is 0.430. The molecule has 3 aromatic carbocycles. The van der Waals surface area contributed by atoms with Crippen LogP contribution in [-0.4, -0.2) is 28.3 Å². The van der Waals surface area contributed by atoms with Crippen LogP contribution in [0.15, 0.2) is 60.7 Å². The van der Waals surface area contributed by atoms with Crippen LogP contribution in [0.25, 0.3) is 0 Å². The van der Waals surface area contributed by atoms with Crippen LogP contribution >= 0.6 is 34.8 Å². The van der Waals surface area contributed by atoms with E-state index in [9.17, 15) is 13.8 Å². The molecule has 1 heterocycles. The fourth-order valence-corrected chi connectivity index (χ4v) is 5.16. The number of nitrogens with zero attached hydrogens (tertiary/aromatic N) is 1. The second-order valence-electron chi connectivity index (χ2n) is 7.26. The average Bonchev–Trinajstić information content (AvgIpc) is 3.22. The van der Waals surface area contributed by atoms with Gasteiger partial charge in [0.25, 0.3) is 11.8 Å². The van der Waals surface area contributed by atoms with Gasteiger partial charge in [-0.15, -0.1) is 0 Å². The van der Waals surface area contributed by atoms with Crippen molar-refractivity contribution in [1.29, 1.82) is 0 Å². The third-order valence-corrected chi connectivity index (χ3v) is 7.41. The summed E-state index contributed by atoms with van der Waals surface area (Å²) in [6, 6.07) is 16.1. The van der Waals surface area contributed by atoms with Crippen molar-refractivity contribution in [2.75, 3.05) is 27.2 Å². The normalized spacial score (nSPS) is 15.4. The van der Waals surface area contributed by atoms with E-state index in [4.69, 9.17) is 34.8 Å². The van der Waals surface area contributed by atoms with Crippen LogP contribution in [0.5, 0.6) is 0 Å². The molecule has 0 radical (unpaired) electrons. The number of rotatable bonds is 5. The minimum atomic E-state index is -1.07. The van der Waals surface area contributed by atoms with Crippen LogP contribution in [0.4, 0.5) is 17.1 Å². The SMILES string of the molecule is O=C(Nc1cc(NC(=O)c2ccc(N3CCCS3=O)cc2Cl)ccc1Cl)c1ccc(Cl)cc1. The molecule has 1 aliphatic heterocycles. The summed E-state index contributed by atoms with van der Waals surface area (Å²) in [5.41, 5.74) is 2.16. The summed E-state index contributed by atoms with van der Waals surface area (Å²) in [4.78, 5) is 25.3. The van der Waals surface area contributed by atoms with Gasteiger partial charge >= 0.3 is 0 Å². The Hall–Kier alpha value is -2.58. The molecule has 170 valence electrons. The van der Waals surface area contributed by atoms with E-state index in [1.54, 1.807) is 65.0 Å². The van der Waals surface area contributed by atoms with Gasteiger partial charge in [0.15, 0.2) is 0 Å². The number of amides is 2. The molecule has 10 heteroatoms. The zero-order valence-electron chi connectivity index (χ0n) is 17.1. The Morgan fingerprint density at radius 2 is 1.61 bits per heavy atom. The first-order valence-electron chi connectivity index (χ1n) is 9.95. The lowest BCUT2D eigenvalue weighted by atomic mass is 10.1. The lowest BCUT2D eigenvalue weighted by Gasteiger charge is -2.17. The number of carbonyl (C=O) groups excluding carboxylic acids is 2. The van der Waals surface area contributed by atoms with Crippen molar-refractivity contribution in [2.24, 2.45) is 0 Å². The first kappa shape index (κ1) is 23.6. The summed E-state index contributed by atoms with van der Waals surface area (Å²) >= 11 is 18.4. The van der Waals surface area contributed by atoms with E-state index in [0.29, 0.717) is 45.0 Å². The summed E-state index contributed by atoms with van der Waals surface area (Å²) in [7, 11) is -1.07. The Balaban J connectivity index is 1.49. The predicted molar refractivity (Wildman–Crippen MR) is 135 cm³/mol. The van der Waals surface area contributed by atoms with E-state index in [2.05, 4.69) is 10.6 Å². The molecule has 0 aromatic heterocycles. The molecule has 1 unspecified atom stereocenters. The Morgan fingerprint density at radius 1 is 0.848 bits per heavy atom. The Kier molecular flexibility index (Phi) is 7.24. The van der Waals surface area contributed by atoms with E-state index in [-0.39, 0.29) is 16.5 Å². The highest BCUT2D eigenvalue weighted by molar-refractivity contribution is 7.86. The van der Waals surface area contributed by atoms with Crippen molar-refractivity contribution in [1.82, 2.24) is 0 Å². The maximum absolute atomic E-state index is 12.8. The molecular formula is C23H18Cl3N3O3S. The largest absolute Gasteiger partial charge is 0.322 e. The molecule has 2 N–H and O–H groups in total. The second-order valence-corrected chi connectivity index (χ2v) is 10.00. The number of anilines is 3. The van der Waals surface area contributed by atoms with Crippen LogP contribution in [0.2, 0.25) is 15.1 Å². The molecule has 0 bridgehead atoms. The van der Waals surface area contributed by atoms with Crippen LogP contribution in [-0.2, 0) is 11.0 Å². The van der Waals surface area contributed by atoms with Gasteiger partial charge in [-0.25, -0.2) is 4.21 Å². The van der Waals surface area contributed by atoms with Gasteiger partial charge in [0.1, 0.15) is 11.0 Å². The van der Waals surface area contributed by atoms with Crippen molar-refractivity contribution in [2.45, 2.75) is 6.42 Å².